The maximum Gasteiger partial charge on any atom is 0.127 e. The van der Waals surface area contributed by atoms with Crippen molar-refractivity contribution in [3.8, 4) is 5.75 Å². The Morgan fingerprint density at radius 2 is 1.90 bits per heavy atom. The molecule has 3 aliphatic heterocycles. The van der Waals surface area contributed by atoms with Gasteiger partial charge in [-0.15, -0.1) is 58.8 Å². The van der Waals surface area contributed by atoms with E-state index in [4.69, 9.17) is 5.11 Å². The summed E-state index contributed by atoms with van der Waals surface area (Å²) in [6.07, 6.45) is 2.45. The fraction of sp³-hybridized carbons (Fsp3) is 0.450. The first-order valence-electron chi connectivity index (χ1n) is 9.57. The highest BCUT2D eigenvalue weighted by atomic mass is 32.3. The third-order valence-electron chi connectivity index (χ3n) is 4.42. The molecule has 3 aliphatic rings. The molecule has 0 amide bonds. The van der Waals surface area contributed by atoms with Crippen molar-refractivity contribution in [1.29, 1.82) is 0 Å². The summed E-state index contributed by atoms with van der Waals surface area (Å²) in [5.41, 5.74) is 1.66. The number of benzene rings is 1. The Balaban J connectivity index is 1.32. The summed E-state index contributed by atoms with van der Waals surface area (Å²) in [5, 5.41) is 19.4. The van der Waals surface area contributed by atoms with Gasteiger partial charge < -0.3 is 10.2 Å². The number of nitrogens with zero attached hydrogens (tertiary/aromatic N) is 1. The second kappa shape index (κ2) is 11.6. The smallest absolute Gasteiger partial charge is 0.127 e. The normalized spacial score (nSPS) is 24.3. The Labute approximate surface area is 207 Å². The molecule has 1 aromatic carbocycles. The lowest BCUT2D eigenvalue weighted by atomic mass is 10.1. The Bertz CT molecular complexity index is 855. The highest BCUT2D eigenvalue weighted by Gasteiger charge is 2.38. The van der Waals surface area contributed by atoms with Crippen molar-refractivity contribution in [2.45, 2.75) is 22.5 Å². The van der Waals surface area contributed by atoms with Crippen molar-refractivity contribution in [3.05, 3.63) is 46.9 Å². The number of fused-ring (bicyclic) bond motifs is 1. The van der Waals surface area contributed by atoms with Crippen LogP contribution in [0.15, 0.2) is 40.8 Å². The van der Waals surface area contributed by atoms with Crippen LogP contribution in [-0.2, 0) is 6.42 Å². The number of aliphatic imine (C=N–C) groups is 1. The van der Waals surface area contributed by atoms with Crippen LogP contribution in [0.4, 0.5) is 0 Å². The predicted octanol–water partition coefficient (Wildman–Crippen LogP) is 6.49. The Morgan fingerprint density at radius 1 is 1.13 bits per heavy atom. The lowest BCUT2D eigenvalue weighted by molar-refractivity contribution is 0.307. The molecule has 2 unspecified atom stereocenters. The second-order valence-electron chi connectivity index (χ2n) is 6.55. The molecule has 0 saturated carbocycles. The van der Waals surface area contributed by atoms with Gasteiger partial charge in [0.25, 0.3) is 0 Å². The number of rotatable bonds is 7. The van der Waals surface area contributed by atoms with Crippen LogP contribution < -0.4 is 0 Å². The summed E-state index contributed by atoms with van der Waals surface area (Å²) in [4.78, 5) is 5.52. The first-order valence-corrected chi connectivity index (χ1v) is 16.0. The molecule has 0 bridgehead atoms. The fourth-order valence-corrected chi connectivity index (χ4v) is 14.7. The number of thioether (sulfide) groups is 7. The van der Waals surface area contributed by atoms with Crippen LogP contribution in [0.3, 0.4) is 0 Å². The van der Waals surface area contributed by atoms with Gasteiger partial charge in [0.1, 0.15) is 5.75 Å². The summed E-state index contributed by atoms with van der Waals surface area (Å²) in [7, 11) is 0. The number of hydrogen-bond donors (Lipinski definition) is 2. The van der Waals surface area contributed by atoms with Crippen LogP contribution in [0.5, 0.6) is 5.75 Å². The van der Waals surface area contributed by atoms with E-state index < -0.39 is 0 Å². The maximum atomic E-state index is 10.5. The molecule has 0 radical (unpaired) electrons. The Morgan fingerprint density at radius 3 is 2.63 bits per heavy atom. The summed E-state index contributed by atoms with van der Waals surface area (Å²) in [6, 6.07) is 5.79. The molecule has 3 nitrogen and oxygen atoms in total. The molecule has 10 heteroatoms. The van der Waals surface area contributed by atoms with Gasteiger partial charge in [0.05, 0.1) is 35.0 Å². The topological polar surface area (TPSA) is 52.8 Å². The van der Waals surface area contributed by atoms with Gasteiger partial charge in [0, 0.05) is 33.9 Å². The highest BCUT2D eigenvalue weighted by Crippen LogP contribution is 2.64. The van der Waals surface area contributed by atoms with Gasteiger partial charge in [-0.25, -0.2) is 0 Å². The van der Waals surface area contributed by atoms with E-state index in [9.17, 15) is 5.11 Å². The van der Waals surface area contributed by atoms with Crippen molar-refractivity contribution in [2.24, 2.45) is 4.99 Å². The average molecular weight is 534 g/mol. The van der Waals surface area contributed by atoms with Gasteiger partial charge in [-0.1, -0.05) is 35.7 Å². The van der Waals surface area contributed by atoms with Crippen LogP contribution in [0.25, 0.3) is 0 Å². The predicted molar refractivity (Wildman–Crippen MR) is 146 cm³/mol. The number of aryl methyl sites for hydroxylation is 1. The van der Waals surface area contributed by atoms with E-state index in [0.717, 1.165) is 17.7 Å². The molecule has 1 aromatic rings. The van der Waals surface area contributed by atoms with Crippen molar-refractivity contribution in [3.63, 3.8) is 0 Å². The van der Waals surface area contributed by atoms with Crippen LogP contribution >= 0.6 is 82.3 Å². The van der Waals surface area contributed by atoms with Gasteiger partial charge in [-0.2, -0.15) is 0 Å². The number of aliphatic hydroxyl groups is 1. The van der Waals surface area contributed by atoms with E-state index in [1.807, 2.05) is 53.5 Å². The van der Waals surface area contributed by atoms with Crippen LogP contribution in [0, 0.1) is 0 Å². The van der Waals surface area contributed by atoms with E-state index in [2.05, 4.69) is 59.0 Å². The number of aromatic hydroxyl groups is 1. The Kier molecular flexibility index (Phi) is 9.20. The largest absolute Gasteiger partial charge is 0.507 e. The average Bonchev–Trinajstić information content (AvgIpc) is 3.34. The molecular weight excluding hydrogens is 511 g/mol. The molecule has 4 rings (SSSR count). The van der Waals surface area contributed by atoms with Gasteiger partial charge in [-0.3, -0.25) is 4.99 Å². The summed E-state index contributed by atoms with van der Waals surface area (Å²) in [5.74, 6) is 3.80. The van der Waals surface area contributed by atoms with E-state index in [0.29, 0.717) is 27.0 Å². The summed E-state index contributed by atoms with van der Waals surface area (Å²) in [6.45, 7) is 2.60. The van der Waals surface area contributed by atoms with E-state index in [-0.39, 0.29) is 6.61 Å². The quantitative estimate of drug-likeness (QED) is 0.383. The van der Waals surface area contributed by atoms with Crippen molar-refractivity contribution >= 4 is 88.5 Å². The third-order valence-corrected chi connectivity index (χ3v) is 15.9. The van der Waals surface area contributed by atoms with Crippen molar-refractivity contribution in [1.82, 2.24) is 0 Å². The molecule has 2 fully saturated rings. The van der Waals surface area contributed by atoms with Gasteiger partial charge in [0.2, 0.25) is 0 Å². The van der Waals surface area contributed by atoms with Crippen molar-refractivity contribution < 1.29 is 10.2 Å². The van der Waals surface area contributed by atoms with Gasteiger partial charge >= 0.3 is 0 Å². The molecule has 2 N–H and O–H groups in total. The number of para-hydroxylation sites is 1. The van der Waals surface area contributed by atoms with Gasteiger partial charge in [0.15, 0.2) is 0 Å². The number of phenolic OH excluding ortho intramolecular Hbond substituents is 1. The maximum absolute atomic E-state index is 10.5. The first-order chi connectivity index (χ1) is 14.7. The molecule has 2 atom stereocenters. The van der Waals surface area contributed by atoms with Crippen molar-refractivity contribution in [2.75, 3.05) is 30.4 Å². The third kappa shape index (κ3) is 5.92. The highest BCUT2D eigenvalue weighted by molar-refractivity contribution is 8.41. The molecule has 0 aromatic heterocycles. The number of phenols is 1. The standard InChI is InChI=1S/C20H23NO2S7/c1-12-16(28-19(27-12)20-29-17-18(30-20)26-10-9-25-17)24-8-5-13-3-2-4-14(15(13)23)11-21-6-7-22/h2-4,11,17-18,22-23H,5-10H2,1H3. The monoisotopic (exact) mass is 533 g/mol. The van der Waals surface area contributed by atoms with E-state index >= 15 is 0 Å². The Hall–Kier alpha value is 0.580. The number of aliphatic hydroxyl groups excluding tert-OH is 1. The number of allylic oxidation sites excluding steroid dienone is 1. The van der Waals surface area contributed by atoms with Crippen LogP contribution in [0.1, 0.15) is 18.1 Å². The zero-order valence-corrected chi connectivity index (χ0v) is 22.1. The first kappa shape index (κ1) is 23.7. The lowest BCUT2D eigenvalue weighted by Gasteiger charge is -2.21. The lowest BCUT2D eigenvalue weighted by Crippen LogP contribution is -2.14. The molecule has 0 aliphatic carbocycles. The molecule has 3 heterocycles. The second-order valence-corrected chi connectivity index (χ2v) is 16.1. The number of hydrogen-bond acceptors (Lipinski definition) is 10. The SMILES string of the molecule is CC1=C(SCCc2cccc(C=NCCO)c2O)SC(=C2SC3SCCSC3S2)S1. The van der Waals surface area contributed by atoms with E-state index in [1.165, 1.54) is 29.1 Å². The molecule has 0 spiro atoms. The zero-order valence-electron chi connectivity index (χ0n) is 16.4. The molecular formula is C20H23NO2S7. The summed E-state index contributed by atoms with van der Waals surface area (Å²) >= 11 is 14.2. The molecule has 30 heavy (non-hydrogen) atoms. The minimum atomic E-state index is 0.0197. The molecule has 2 saturated heterocycles. The minimum absolute atomic E-state index is 0.0197. The molecule has 162 valence electrons. The van der Waals surface area contributed by atoms with Crippen LogP contribution in [-0.4, -0.2) is 56.0 Å². The van der Waals surface area contributed by atoms with Gasteiger partial charge in [-0.05, 0) is 25.0 Å². The fourth-order valence-electron chi connectivity index (χ4n) is 2.96. The summed E-state index contributed by atoms with van der Waals surface area (Å²) < 4.78 is 5.81. The zero-order chi connectivity index (χ0) is 20.9. The van der Waals surface area contributed by atoms with Crippen LogP contribution in [0.2, 0.25) is 0 Å². The van der Waals surface area contributed by atoms with E-state index in [1.54, 1.807) is 6.21 Å². The minimum Gasteiger partial charge on any atom is -0.507 e.